The van der Waals surface area contributed by atoms with Gasteiger partial charge in [-0.1, -0.05) is 23.8 Å². The van der Waals surface area contributed by atoms with E-state index in [0.717, 1.165) is 0 Å². The maximum atomic E-state index is 11.0. The average molecular weight is 288 g/mol. The zero-order chi connectivity index (χ0) is 13.9. The summed E-state index contributed by atoms with van der Waals surface area (Å²) < 4.78 is 5.47. The first kappa shape index (κ1) is 14.7. The molecular formula is C12H14ClNO3S. The Labute approximate surface area is 116 Å². The molecule has 0 saturated carbocycles. The van der Waals surface area contributed by atoms with E-state index in [1.54, 1.807) is 32.0 Å². The van der Waals surface area contributed by atoms with Crippen molar-refractivity contribution >= 4 is 34.8 Å². The second-order valence-corrected chi connectivity index (χ2v) is 5.36. The van der Waals surface area contributed by atoms with E-state index in [1.807, 2.05) is 0 Å². The number of thiocarbonyl (C=S) groups is 1. The number of carboxylic acid groups (broad SMARTS) is 1. The van der Waals surface area contributed by atoms with Crippen LogP contribution in [0.15, 0.2) is 18.2 Å². The number of carbonyl (C=O) groups is 1. The van der Waals surface area contributed by atoms with E-state index in [4.69, 9.17) is 39.4 Å². The van der Waals surface area contributed by atoms with E-state index < -0.39 is 11.4 Å². The Bertz CT molecular complexity index is 488. The monoisotopic (exact) mass is 287 g/mol. The molecule has 6 heteroatoms. The molecule has 0 fully saturated rings. The predicted molar refractivity (Wildman–Crippen MR) is 74.3 cm³/mol. The zero-order valence-electron chi connectivity index (χ0n) is 10.1. The van der Waals surface area contributed by atoms with Gasteiger partial charge in [0.15, 0.2) is 0 Å². The third kappa shape index (κ3) is 3.58. The van der Waals surface area contributed by atoms with Crippen LogP contribution in [0.1, 0.15) is 19.4 Å². The Balaban J connectivity index is 2.94. The molecule has 0 atom stereocenters. The summed E-state index contributed by atoms with van der Waals surface area (Å²) >= 11 is 10.7. The highest BCUT2D eigenvalue weighted by atomic mass is 35.5. The maximum absolute atomic E-state index is 11.0. The topological polar surface area (TPSA) is 72.5 Å². The van der Waals surface area contributed by atoms with Crippen molar-refractivity contribution in [2.24, 2.45) is 11.1 Å². The largest absolute Gasteiger partial charge is 0.492 e. The van der Waals surface area contributed by atoms with Crippen LogP contribution in [0.5, 0.6) is 5.75 Å². The molecule has 0 aliphatic carbocycles. The summed E-state index contributed by atoms with van der Waals surface area (Å²) in [7, 11) is 0. The van der Waals surface area contributed by atoms with Gasteiger partial charge in [0.2, 0.25) is 0 Å². The molecule has 0 heterocycles. The highest BCUT2D eigenvalue weighted by Gasteiger charge is 2.28. The van der Waals surface area contributed by atoms with Crippen molar-refractivity contribution in [3.05, 3.63) is 28.8 Å². The van der Waals surface area contributed by atoms with Crippen molar-refractivity contribution < 1.29 is 14.6 Å². The maximum Gasteiger partial charge on any atom is 0.312 e. The van der Waals surface area contributed by atoms with E-state index >= 15 is 0 Å². The van der Waals surface area contributed by atoms with E-state index in [1.165, 1.54) is 0 Å². The third-order valence-corrected chi connectivity index (χ3v) is 2.83. The Morgan fingerprint density at radius 3 is 2.67 bits per heavy atom. The van der Waals surface area contributed by atoms with Gasteiger partial charge in [0.25, 0.3) is 0 Å². The van der Waals surface area contributed by atoms with Gasteiger partial charge in [0.05, 0.1) is 11.0 Å². The molecule has 98 valence electrons. The molecule has 1 rings (SSSR count). The molecule has 18 heavy (non-hydrogen) atoms. The van der Waals surface area contributed by atoms with Crippen LogP contribution >= 0.6 is 23.8 Å². The van der Waals surface area contributed by atoms with E-state index in [2.05, 4.69) is 0 Å². The molecule has 0 unspecified atom stereocenters. The molecule has 0 aliphatic heterocycles. The minimum atomic E-state index is -1.00. The summed E-state index contributed by atoms with van der Waals surface area (Å²) in [4.78, 5) is 11.1. The molecule has 3 N–H and O–H groups in total. The smallest absolute Gasteiger partial charge is 0.312 e. The number of rotatable bonds is 5. The van der Waals surface area contributed by atoms with Crippen molar-refractivity contribution in [1.29, 1.82) is 0 Å². The van der Waals surface area contributed by atoms with Gasteiger partial charge < -0.3 is 15.6 Å². The lowest BCUT2D eigenvalue weighted by Gasteiger charge is -2.20. The molecule has 0 radical (unpaired) electrons. The summed E-state index contributed by atoms with van der Waals surface area (Å²) in [5.74, 6) is -0.550. The standard InChI is InChI=1S/C12H14ClNO3S/c1-12(2,11(15)16)6-17-9-5-7(13)3-4-8(9)10(14)18/h3-5H,6H2,1-2H3,(H2,14,18)(H,15,16). The normalized spacial score (nSPS) is 11.1. The summed E-state index contributed by atoms with van der Waals surface area (Å²) in [5.41, 5.74) is 5.09. The minimum absolute atomic E-state index is 0.00170. The number of nitrogens with two attached hydrogens (primary N) is 1. The number of aliphatic carboxylic acids is 1. The van der Waals surface area contributed by atoms with Crippen LogP contribution < -0.4 is 10.5 Å². The number of benzene rings is 1. The average Bonchev–Trinajstić information content (AvgIpc) is 2.26. The molecule has 1 aromatic carbocycles. The fraction of sp³-hybridized carbons (Fsp3) is 0.333. The number of carboxylic acids is 1. The van der Waals surface area contributed by atoms with Gasteiger partial charge in [-0.05, 0) is 32.0 Å². The molecular weight excluding hydrogens is 274 g/mol. The fourth-order valence-corrected chi connectivity index (χ4v) is 1.47. The van der Waals surface area contributed by atoms with Gasteiger partial charge in [-0.2, -0.15) is 0 Å². The first-order chi connectivity index (χ1) is 8.24. The fourth-order valence-electron chi connectivity index (χ4n) is 1.14. The second-order valence-electron chi connectivity index (χ2n) is 4.48. The van der Waals surface area contributed by atoms with Crippen LogP contribution in [0.25, 0.3) is 0 Å². The second kappa shape index (κ2) is 5.54. The van der Waals surface area contributed by atoms with E-state index in [0.29, 0.717) is 16.3 Å². The lowest BCUT2D eigenvalue weighted by atomic mass is 9.95. The molecule has 0 spiro atoms. The quantitative estimate of drug-likeness (QED) is 0.814. The van der Waals surface area contributed by atoms with Gasteiger partial charge in [0.1, 0.15) is 17.3 Å². The van der Waals surface area contributed by atoms with Crippen molar-refractivity contribution in [1.82, 2.24) is 0 Å². The predicted octanol–water partition coefficient (Wildman–Crippen LogP) is 2.46. The van der Waals surface area contributed by atoms with Gasteiger partial charge >= 0.3 is 5.97 Å². The number of halogens is 1. The van der Waals surface area contributed by atoms with Gasteiger partial charge in [-0.25, -0.2) is 0 Å². The molecule has 0 aromatic heterocycles. The molecule has 4 nitrogen and oxygen atoms in total. The first-order valence-electron chi connectivity index (χ1n) is 5.19. The van der Waals surface area contributed by atoms with Crippen LogP contribution in [0.3, 0.4) is 0 Å². The first-order valence-corrected chi connectivity index (χ1v) is 5.98. The molecule has 1 aromatic rings. The van der Waals surface area contributed by atoms with Crippen LogP contribution in [-0.2, 0) is 4.79 Å². The summed E-state index contributed by atoms with van der Waals surface area (Å²) in [6.45, 7) is 3.14. The van der Waals surface area contributed by atoms with Crippen molar-refractivity contribution in [3.63, 3.8) is 0 Å². The van der Waals surface area contributed by atoms with Gasteiger partial charge in [0, 0.05) is 5.02 Å². The van der Waals surface area contributed by atoms with Crippen LogP contribution in [-0.4, -0.2) is 22.7 Å². The lowest BCUT2D eigenvalue weighted by Crippen LogP contribution is -2.31. The van der Waals surface area contributed by atoms with Gasteiger partial charge in [-0.15, -0.1) is 0 Å². The molecule has 0 aliphatic rings. The summed E-state index contributed by atoms with van der Waals surface area (Å²) in [5, 5.41) is 9.47. The lowest BCUT2D eigenvalue weighted by molar-refractivity contribution is -0.148. The van der Waals surface area contributed by atoms with Crippen LogP contribution in [0.2, 0.25) is 5.02 Å². The third-order valence-electron chi connectivity index (χ3n) is 2.38. The number of hydrogen-bond donors (Lipinski definition) is 2. The Morgan fingerprint density at radius 2 is 2.17 bits per heavy atom. The van der Waals surface area contributed by atoms with E-state index in [9.17, 15) is 4.79 Å². The zero-order valence-corrected chi connectivity index (χ0v) is 11.6. The molecule has 0 bridgehead atoms. The summed E-state index contributed by atoms with van der Waals surface area (Å²) in [6.07, 6.45) is 0. The Morgan fingerprint density at radius 1 is 1.56 bits per heavy atom. The highest BCUT2D eigenvalue weighted by Crippen LogP contribution is 2.26. The highest BCUT2D eigenvalue weighted by molar-refractivity contribution is 7.80. The summed E-state index contributed by atoms with van der Waals surface area (Å²) in [6, 6.07) is 4.85. The number of ether oxygens (including phenoxy) is 1. The minimum Gasteiger partial charge on any atom is -0.492 e. The van der Waals surface area contributed by atoms with Crippen LogP contribution in [0, 0.1) is 5.41 Å². The molecule has 0 saturated heterocycles. The van der Waals surface area contributed by atoms with Crippen molar-refractivity contribution in [2.45, 2.75) is 13.8 Å². The SMILES string of the molecule is CC(C)(COc1cc(Cl)ccc1C(N)=S)C(=O)O. The Hall–Kier alpha value is -1.33. The van der Waals surface area contributed by atoms with Crippen molar-refractivity contribution in [3.8, 4) is 5.75 Å². The molecule has 0 amide bonds. The number of hydrogen-bond acceptors (Lipinski definition) is 3. The van der Waals surface area contributed by atoms with Crippen molar-refractivity contribution in [2.75, 3.05) is 6.61 Å². The van der Waals surface area contributed by atoms with Gasteiger partial charge in [-0.3, -0.25) is 4.79 Å². The van der Waals surface area contributed by atoms with Crippen LogP contribution in [0.4, 0.5) is 0 Å². The Kier molecular flexibility index (Phi) is 4.53. The van der Waals surface area contributed by atoms with E-state index in [-0.39, 0.29) is 11.6 Å².